The van der Waals surface area contributed by atoms with Gasteiger partial charge in [0.25, 0.3) is 0 Å². The van der Waals surface area contributed by atoms with Crippen LogP contribution in [0.4, 0.5) is 52.7 Å². The van der Waals surface area contributed by atoms with Crippen molar-refractivity contribution in [2.75, 3.05) is 0 Å². The van der Waals surface area contributed by atoms with Crippen molar-refractivity contribution in [1.82, 2.24) is 4.57 Å². The van der Waals surface area contributed by atoms with Crippen molar-refractivity contribution in [3.63, 3.8) is 0 Å². The number of halogens is 13. The summed E-state index contributed by atoms with van der Waals surface area (Å²) in [5.74, 6) is -33.3. The molecule has 0 aliphatic carbocycles. The van der Waals surface area contributed by atoms with Gasteiger partial charge in [0.05, 0.1) is 0 Å². The highest BCUT2D eigenvalue weighted by molar-refractivity contribution is 6.30. The Labute approximate surface area is 156 Å². The van der Waals surface area contributed by atoms with E-state index in [-0.39, 0.29) is 0 Å². The molecular formula is C12H6ClF12N2O2+. The number of rotatable bonds is 7. The summed E-state index contributed by atoms with van der Waals surface area (Å²) in [5, 5.41) is -0.453. The highest BCUT2D eigenvalue weighted by atomic mass is 35.5. The fourth-order valence-corrected chi connectivity index (χ4v) is 1.95. The number of alkyl halides is 12. The van der Waals surface area contributed by atoms with Crippen LogP contribution in [0.5, 0.6) is 0 Å². The van der Waals surface area contributed by atoms with Gasteiger partial charge in [0.2, 0.25) is 0 Å². The van der Waals surface area contributed by atoms with Gasteiger partial charge in [-0.3, -0.25) is 0 Å². The van der Waals surface area contributed by atoms with Crippen LogP contribution in [-0.2, 0) is 7.05 Å². The summed E-state index contributed by atoms with van der Waals surface area (Å²) in [4.78, 5) is 22.9. The van der Waals surface area contributed by atoms with Crippen molar-refractivity contribution in [3.8, 4) is 0 Å². The molecule has 0 aliphatic heterocycles. The minimum absolute atomic E-state index is 0.417. The maximum absolute atomic E-state index is 13.6. The number of nitroso groups, excluding NO2 is 1. The van der Waals surface area contributed by atoms with Gasteiger partial charge >= 0.3 is 42.1 Å². The standard InChI is InChI=1S/C12H6ClF12N2O2/c1-26-4(2-3-5(26)13)6(28)27(29)12(24,25)11(22,23)10(20,21)9(18,19)8(16,17)7(14)15/h2-3,7H,1H3/q+1. The van der Waals surface area contributed by atoms with E-state index in [1.807, 2.05) is 0 Å². The van der Waals surface area contributed by atoms with Crippen molar-refractivity contribution >= 4 is 17.5 Å². The number of amides is 1. The summed E-state index contributed by atoms with van der Waals surface area (Å²) < 4.78 is 154. The Morgan fingerprint density at radius 3 is 1.72 bits per heavy atom. The molecule has 0 aliphatic rings. The predicted molar refractivity (Wildman–Crippen MR) is 69.1 cm³/mol. The minimum Gasteiger partial charge on any atom is -0.327 e. The number of hydrogen-bond donors (Lipinski definition) is 0. The second-order valence-electron chi connectivity index (χ2n) is 5.39. The van der Waals surface area contributed by atoms with Gasteiger partial charge in [0, 0.05) is 12.0 Å². The van der Waals surface area contributed by atoms with E-state index >= 15 is 0 Å². The number of carbonyl (C=O) groups is 1. The first-order chi connectivity index (χ1) is 12.7. The van der Waals surface area contributed by atoms with E-state index in [9.17, 15) is 62.4 Å². The largest absolute Gasteiger partial charge is 0.582 e. The molecule has 0 unspecified atom stereocenters. The minimum atomic E-state index is -7.92. The zero-order valence-corrected chi connectivity index (χ0v) is 14.1. The van der Waals surface area contributed by atoms with Crippen LogP contribution < -0.4 is 0 Å². The first kappa shape index (κ1) is 25.0. The normalized spacial score (nSPS) is 14.4. The third-order valence-corrected chi connectivity index (χ3v) is 3.96. The Balaban J connectivity index is 3.49. The summed E-state index contributed by atoms with van der Waals surface area (Å²) in [7, 11) is 0.811. The molecule has 0 atom stereocenters. The van der Waals surface area contributed by atoms with Crippen molar-refractivity contribution in [1.29, 1.82) is 0 Å². The monoisotopic (exact) mass is 473 g/mol. The molecule has 0 bridgehead atoms. The van der Waals surface area contributed by atoms with Crippen LogP contribution in [0.3, 0.4) is 0 Å². The zero-order valence-electron chi connectivity index (χ0n) is 13.4. The fourth-order valence-electron chi connectivity index (χ4n) is 1.79. The fraction of sp³-hybridized carbons (Fsp3) is 0.583. The lowest BCUT2D eigenvalue weighted by Gasteiger charge is -2.35. The second-order valence-corrected chi connectivity index (χ2v) is 5.78. The van der Waals surface area contributed by atoms with Crippen molar-refractivity contribution in [2.24, 2.45) is 7.05 Å². The quantitative estimate of drug-likeness (QED) is 0.318. The molecule has 0 N–H and O–H groups in total. The number of hydrogen-bond acceptors (Lipinski definition) is 2. The first-order valence-electron chi connectivity index (χ1n) is 6.69. The van der Waals surface area contributed by atoms with Crippen molar-refractivity contribution in [2.45, 2.75) is 36.2 Å². The van der Waals surface area contributed by atoms with Crippen LogP contribution in [-0.4, -0.2) is 51.4 Å². The topological polar surface area (TPSA) is 42.1 Å². The molecule has 17 heteroatoms. The van der Waals surface area contributed by atoms with E-state index in [0.717, 1.165) is 13.1 Å². The molecule has 29 heavy (non-hydrogen) atoms. The van der Waals surface area contributed by atoms with Gasteiger partial charge in [-0.1, -0.05) is 11.6 Å². The van der Waals surface area contributed by atoms with Gasteiger partial charge < -0.3 is 4.57 Å². The van der Waals surface area contributed by atoms with Crippen LogP contribution in [0.2, 0.25) is 5.15 Å². The van der Waals surface area contributed by atoms with Crippen molar-refractivity contribution < 1.29 is 62.2 Å². The molecule has 4 nitrogen and oxygen atoms in total. The Morgan fingerprint density at radius 2 is 1.38 bits per heavy atom. The molecule has 1 heterocycles. The number of nitrogens with zero attached hydrogens (tertiary/aromatic N) is 2. The molecule has 0 saturated carbocycles. The summed E-state index contributed by atoms with van der Waals surface area (Å²) in [6.07, 6.45) is -5.68. The Bertz CT molecular complexity index is 820. The SMILES string of the molecule is Cn1c(Cl)ccc1C(=O)[N+](=O)C(F)(F)C(F)(F)C(F)(F)C(F)(F)C(F)(F)C(F)F. The van der Waals surface area contributed by atoms with Crippen LogP contribution in [0, 0.1) is 4.91 Å². The summed E-state index contributed by atoms with van der Waals surface area (Å²) in [5.41, 5.74) is -1.21. The molecule has 1 aromatic heterocycles. The summed E-state index contributed by atoms with van der Waals surface area (Å²) >= 11 is 5.38. The predicted octanol–water partition coefficient (Wildman–Crippen LogP) is 5.00. The maximum Gasteiger partial charge on any atom is 0.582 e. The zero-order chi connectivity index (χ0) is 23.4. The van der Waals surface area contributed by atoms with Gasteiger partial charge in [0.15, 0.2) is 10.5 Å². The van der Waals surface area contributed by atoms with Gasteiger partial charge in [0.1, 0.15) is 5.15 Å². The molecule has 0 aromatic carbocycles. The second kappa shape index (κ2) is 7.05. The number of aromatic nitrogens is 1. The molecule has 0 saturated heterocycles. The van der Waals surface area contributed by atoms with Gasteiger partial charge in [-0.15, -0.1) is 8.78 Å². The molecule has 166 valence electrons. The smallest absolute Gasteiger partial charge is 0.327 e. The average Bonchev–Trinajstić information content (AvgIpc) is 2.91. The third kappa shape index (κ3) is 3.34. The van der Waals surface area contributed by atoms with E-state index < -0.39 is 57.7 Å². The van der Waals surface area contributed by atoms with Crippen molar-refractivity contribution in [3.05, 3.63) is 27.9 Å². The van der Waals surface area contributed by atoms with E-state index in [4.69, 9.17) is 11.6 Å². The lowest BCUT2D eigenvalue weighted by Crippen LogP contribution is -2.70. The number of carbonyl (C=O) groups excluding carboxylic acids is 1. The molecule has 0 fully saturated rings. The molecule has 0 spiro atoms. The van der Waals surface area contributed by atoms with E-state index in [1.54, 1.807) is 0 Å². The molecule has 1 amide bonds. The first-order valence-corrected chi connectivity index (χ1v) is 7.07. The lowest BCUT2D eigenvalue weighted by atomic mass is 9.97. The highest BCUT2D eigenvalue weighted by Crippen LogP contribution is 2.58. The third-order valence-electron chi connectivity index (χ3n) is 3.58. The van der Waals surface area contributed by atoms with Crippen LogP contribution >= 0.6 is 11.6 Å². The van der Waals surface area contributed by atoms with E-state index in [1.165, 1.54) is 0 Å². The maximum atomic E-state index is 13.6. The Kier molecular flexibility index (Phi) is 6.09. The molecule has 1 rings (SSSR count). The van der Waals surface area contributed by atoms with E-state index in [0.29, 0.717) is 10.6 Å². The van der Waals surface area contributed by atoms with Crippen LogP contribution in [0.1, 0.15) is 10.5 Å². The van der Waals surface area contributed by atoms with Gasteiger partial charge in [-0.05, 0) is 12.1 Å². The highest BCUT2D eigenvalue weighted by Gasteiger charge is 2.93. The van der Waals surface area contributed by atoms with Gasteiger partial charge in [-0.2, -0.15) is 35.1 Å². The molecule has 1 aromatic rings. The molecular weight excluding hydrogens is 468 g/mol. The van der Waals surface area contributed by atoms with Crippen LogP contribution in [0.25, 0.3) is 0 Å². The van der Waals surface area contributed by atoms with Crippen LogP contribution in [0.15, 0.2) is 12.1 Å². The summed E-state index contributed by atoms with van der Waals surface area (Å²) in [6, 6.07) is -5.86. The molecule has 0 radical (unpaired) electrons. The lowest BCUT2D eigenvalue weighted by molar-refractivity contribution is -0.666. The Hall–Kier alpha value is -2.00. The Morgan fingerprint density at radius 1 is 0.931 bits per heavy atom. The van der Waals surface area contributed by atoms with E-state index in [2.05, 4.69) is 0 Å². The summed E-state index contributed by atoms with van der Waals surface area (Å²) in [6.45, 7) is 0. The average molecular weight is 474 g/mol. The van der Waals surface area contributed by atoms with Gasteiger partial charge in [-0.25, -0.2) is 13.6 Å².